The first-order chi connectivity index (χ1) is 15.2. The van der Waals surface area contributed by atoms with E-state index in [4.69, 9.17) is 9.47 Å². The van der Waals surface area contributed by atoms with Gasteiger partial charge in [-0.2, -0.15) is 0 Å². The third-order valence-electron chi connectivity index (χ3n) is 6.98. The lowest BCUT2D eigenvalue weighted by atomic mass is 9.59. The number of aliphatic hydroxyl groups excluding tert-OH is 1. The Labute approximate surface area is 191 Å². The largest absolute Gasteiger partial charge is 0.379 e. The minimum atomic E-state index is -1.63. The van der Waals surface area contributed by atoms with E-state index in [9.17, 15) is 20.0 Å². The summed E-state index contributed by atoms with van der Waals surface area (Å²) >= 11 is 0. The lowest BCUT2D eigenvalue weighted by Crippen LogP contribution is -2.49. The summed E-state index contributed by atoms with van der Waals surface area (Å²) in [5, 5.41) is 22.5. The number of Topliss-reactive ketones (excluding diaryl/α,β-unsaturated/α-hetero) is 1. The topological polar surface area (TPSA) is 98.9 Å². The number of carbonyl (C=O) groups is 1. The number of nitrogens with zero attached hydrogens (tertiary/aromatic N) is 1. The number of hydrogen-bond acceptors (Lipinski definition) is 6. The SMILES string of the molecule is CCOCCOCC[C@H]([C@H](O)C(=O)[C@@H]1C[C@H](C)CC[C@@H]1C(C)(C)c1ccccc1)[N+](=O)[O-]. The number of aliphatic hydroxyl groups is 1. The monoisotopic (exact) mass is 449 g/mol. The molecule has 1 aromatic rings. The van der Waals surface area contributed by atoms with E-state index >= 15 is 0 Å². The zero-order valence-electron chi connectivity index (χ0n) is 19.9. The molecule has 0 saturated heterocycles. The average molecular weight is 450 g/mol. The Hall–Kier alpha value is -1.83. The fraction of sp³-hybridized carbons (Fsp3) is 0.720. The van der Waals surface area contributed by atoms with Gasteiger partial charge in [0.2, 0.25) is 6.04 Å². The number of ether oxygens (including phenoxy) is 2. The van der Waals surface area contributed by atoms with Crippen LogP contribution in [0.3, 0.4) is 0 Å². The second-order valence-corrected chi connectivity index (χ2v) is 9.52. The van der Waals surface area contributed by atoms with Gasteiger partial charge in [-0.15, -0.1) is 0 Å². The second kappa shape index (κ2) is 12.4. The fourth-order valence-electron chi connectivity index (χ4n) is 5.00. The Morgan fingerprint density at radius 1 is 1.19 bits per heavy atom. The predicted molar refractivity (Wildman–Crippen MR) is 123 cm³/mol. The van der Waals surface area contributed by atoms with Gasteiger partial charge < -0.3 is 14.6 Å². The number of rotatable bonds is 13. The van der Waals surface area contributed by atoms with Crippen LogP contribution in [0.25, 0.3) is 0 Å². The van der Waals surface area contributed by atoms with E-state index in [1.54, 1.807) is 0 Å². The smallest absolute Gasteiger partial charge is 0.247 e. The van der Waals surface area contributed by atoms with E-state index in [-0.39, 0.29) is 24.4 Å². The van der Waals surface area contributed by atoms with Crippen molar-refractivity contribution in [2.24, 2.45) is 17.8 Å². The highest BCUT2D eigenvalue weighted by atomic mass is 16.6. The molecule has 0 spiro atoms. The molecule has 0 amide bonds. The van der Waals surface area contributed by atoms with E-state index in [1.165, 1.54) is 0 Å². The molecule has 0 unspecified atom stereocenters. The molecule has 0 heterocycles. The molecule has 1 saturated carbocycles. The van der Waals surface area contributed by atoms with E-state index < -0.39 is 28.8 Å². The number of hydrogen-bond donors (Lipinski definition) is 1. The molecule has 1 aliphatic carbocycles. The van der Waals surface area contributed by atoms with Gasteiger partial charge in [-0.1, -0.05) is 57.5 Å². The van der Waals surface area contributed by atoms with Crippen molar-refractivity contribution in [3.8, 4) is 0 Å². The molecule has 0 bridgehead atoms. The Morgan fingerprint density at radius 2 is 1.84 bits per heavy atom. The highest BCUT2D eigenvalue weighted by molar-refractivity contribution is 5.86. The van der Waals surface area contributed by atoms with Gasteiger partial charge in [-0.25, -0.2) is 0 Å². The average Bonchev–Trinajstić information content (AvgIpc) is 2.77. The van der Waals surface area contributed by atoms with Gasteiger partial charge in [-0.05, 0) is 42.6 Å². The van der Waals surface area contributed by atoms with Crippen molar-refractivity contribution in [2.45, 2.75) is 70.9 Å². The van der Waals surface area contributed by atoms with Gasteiger partial charge in [0, 0.05) is 23.9 Å². The van der Waals surface area contributed by atoms with Crippen LogP contribution in [0.1, 0.15) is 58.9 Å². The van der Waals surface area contributed by atoms with Crippen LogP contribution < -0.4 is 0 Å². The van der Waals surface area contributed by atoms with Crippen LogP contribution in [0.5, 0.6) is 0 Å². The normalized spacial score (nSPS) is 23.5. The maximum Gasteiger partial charge on any atom is 0.247 e. The zero-order valence-corrected chi connectivity index (χ0v) is 19.9. The maximum atomic E-state index is 13.4. The summed E-state index contributed by atoms with van der Waals surface area (Å²) in [5.74, 6) is -0.458. The Kier molecular flexibility index (Phi) is 10.3. The van der Waals surface area contributed by atoms with Gasteiger partial charge in [-0.3, -0.25) is 14.9 Å². The first-order valence-electron chi connectivity index (χ1n) is 11.8. The first kappa shape index (κ1) is 26.4. The van der Waals surface area contributed by atoms with Crippen LogP contribution in [0.2, 0.25) is 0 Å². The third-order valence-corrected chi connectivity index (χ3v) is 6.98. The lowest BCUT2D eigenvalue weighted by molar-refractivity contribution is -0.532. The van der Waals surface area contributed by atoms with Gasteiger partial charge in [0.15, 0.2) is 11.9 Å². The van der Waals surface area contributed by atoms with E-state index in [2.05, 4.69) is 32.9 Å². The number of nitro groups is 1. The summed E-state index contributed by atoms with van der Waals surface area (Å²) in [4.78, 5) is 24.6. The van der Waals surface area contributed by atoms with Crippen molar-refractivity contribution < 1.29 is 24.3 Å². The van der Waals surface area contributed by atoms with Gasteiger partial charge >= 0.3 is 0 Å². The second-order valence-electron chi connectivity index (χ2n) is 9.52. The van der Waals surface area contributed by atoms with Crippen LogP contribution in [-0.2, 0) is 19.7 Å². The molecule has 1 fully saturated rings. The predicted octanol–water partition coefficient (Wildman–Crippen LogP) is 4.04. The summed E-state index contributed by atoms with van der Waals surface area (Å²) < 4.78 is 10.6. The van der Waals surface area contributed by atoms with Crippen LogP contribution in [0.4, 0.5) is 0 Å². The van der Waals surface area contributed by atoms with Crippen LogP contribution >= 0.6 is 0 Å². The molecule has 5 atom stereocenters. The molecular formula is C25H39NO6. The standard InChI is InChI=1S/C25H39NO6/c1-5-31-15-16-32-14-13-22(26(29)30)24(28)23(27)20-17-18(2)11-12-21(20)25(3,4)19-9-7-6-8-10-19/h6-10,18,20-22,24,28H,5,11-17H2,1-4H3/t18-,20-,21+,22-,24+/m1/s1. The van der Waals surface area contributed by atoms with Crippen molar-refractivity contribution in [1.29, 1.82) is 0 Å². The Balaban J connectivity index is 2.13. The minimum absolute atomic E-state index is 0.0121. The van der Waals surface area contributed by atoms with Crippen molar-refractivity contribution in [3.63, 3.8) is 0 Å². The number of carbonyl (C=O) groups excluding carboxylic acids is 1. The highest BCUT2D eigenvalue weighted by Crippen LogP contribution is 2.46. The van der Waals surface area contributed by atoms with Gasteiger partial charge in [0.05, 0.1) is 19.8 Å². The Bertz CT molecular complexity index is 722. The van der Waals surface area contributed by atoms with E-state index in [1.807, 2.05) is 25.1 Å². The molecule has 32 heavy (non-hydrogen) atoms. The molecule has 0 aromatic heterocycles. The molecule has 1 N–H and O–H groups in total. The molecule has 1 aliphatic rings. The molecule has 7 heteroatoms. The number of benzene rings is 1. The summed E-state index contributed by atoms with van der Waals surface area (Å²) in [6, 6.07) is 8.70. The van der Waals surface area contributed by atoms with E-state index in [0.29, 0.717) is 32.2 Å². The molecule has 1 aromatic carbocycles. The fourth-order valence-corrected chi connectivity index (χ4v) is 5.00. The third kappa shape index (κ3) is 6.83. The molecule has 7 nitrogen and oxygen atoms in total. The maximum absolute atomic E-state index is 13.4. The summed E-state index contributed by atoms with van der Waals surface area (Å²) in [6.07, 6.45) is 0.862. The summed E-state index contributed by atoms with van der Waals surface area (Å²) in [7, 11) is 0. The molecular weight excluding hydrogens is 410 g/mol. The zero-order chi connectivity index (χ0) is 23.7. The number of ketones is 1. The first-order valence-corrected chi connectivity index (χ1v) is 11.8. The summed E-state index contributed by atoms with van der Waals surface area (Å²) in [5.41, 5.74) is 0.855. The van der Waals surface area contributed by atoms with Crippen LogP contribution in [0.15, 0.2) is 30.3 Å². The molecule has 180 valence electrons. The lowest BCUT2D eigenvalue weighted by Gasteiger charge is -2.44. The highest BCUT2D eigenvalue weighted by Gasteiger charge is 2.47. The van der Waals surface area contributed by atoms with Crippen molar-refractivity contribution in [3.05, 3.63) is 46.0 Å². The summed E-state index contributed by atoms with van der Waals surface area (Å²) in [6.45, 7) is 9.67. The van der Waals surface area contributed by atoms with Crippen LogP contribution in [-0.4, -0.2) is 54.4 Å². The van der Waals surface area contributed by atoms with Crippen molar-refractivity contribution in [1.82, 2.24) is 0 Å². The van der Waals surface area contributed by atoms with Gasteiger partial charge in [0.25, 0.3) is 0 Å². The van der Waals surface area contributed by atoms with Crippen LogP contribution in [0, 0.1) is 27.9 Å². The Morgan fingerprint density at radius 3 is 2.47 bits per heavy atom. The van der Waals surface area contributed by atoms with E-state index in [0.717, 1.165) is 18.4 Å². The molecule has 2 rings (SSSR count). The van der Waals surface area contributed by atoms with Gasteiger partial charge in [0.1, 0.15) is 0 Å². The molecule has 0 radical (unpaired) electrons. The van der Waals surface area contributed by atoms with Crippen molar-refractivity contribution in [2.75, 3.05) is 26.4 Å². The minimum Gasteiger partial charge on any atom is -0.379 e. The van der Waals surface area contributed by atoms with Crippen molar-refractivity contribution >= 4 is 5.78 Å². The quantitative estimate of drug-likeness (QED) is 0.277. The molecule has 0 aliphatic heterocycles.